The summed E-state index contributed by atoms with van der Waals surface area (Å²) in [6.45, 7) is 14.3. The third kappa shape index (κ3) is 3.17. The van der Waals surface area contributed by atoms with Crippen molar-refractivity contribution in [2.45, 2.75) is 58.9 Å². The molecule has 0 bridgehead atoms. The summed E-state index contributed by atoms with van der Waals surface area (Å²) >= 11 is 0. The Bertz CT molecular complexity index is 441. The Kier molecular flexibility index (Phi) is 4.74. The number of ether oxygens (including phenoxy) is 1. The Morgan fingerprint density at radius 1 is 1.20 bits per heavy atom. The van der Waals surface area contributed by atoms with Gasteiger partial charge >= 0.3 is 0 Å². The predicted octanol–water partition coefficient (Wildman–Crippen LogP) is 4.30. The van der Waals surface area contributed by atoms with Crippen molar-refractivity contribution in [3.8, 4) is 0 Å². The fourth-order valence-electron chi connectivity index (χ4n) is 3.37. The fraction of sp³-hybridized carbons (Fsp3) is 0.667. The third-order valence-corrected chi connectivity index (χ3v) is 4.39. The monoisotopic (exact) mass is 275 g/mol. The summed E-state index contributed by atoms with van der Waals surface area (Å²) in [6.07, 6.45) is 2.29. The van der Waals surface area contributed by atoms with Crippen molar-refractivity contribution in [2.75, 3.05) is 24.7 Å². The van der Waals surface area contributed by atoms with E-state index in [0.717, 1.165) is 32.6 Å². The van der Waals surface area contributed by atoms with Crippen molar-refractivity contribution in [1.82, 2.24) is 0 Å². The Hall–Kier alpha value is -1.02. The van der Waals surface area contributed by atoms with Crippen LogP contribution in [0.15, 0.2) is 18.2 Å². The van der Waals surface area contributed by atoms with Gasteiger partial charge in [0.05, 0.1) is 0 Å². The van der Waals surface area contributed by atoms with E-state index < -0.39 is 0 Å². The van der Waals surface area contributed by atoms with E-state index in [-0.39, 0.29) is 5.41 Å². The maximum absolute atomic E-state index is 5.51. The lowest BCUT2D eigenvalue weighted by Crippen LogP contribution is -2.40. The molecule has 0 saturated carbocycles. The fourth-order valence-corrected chi connectivity index (χ4v) is 3.37. The molecule has 0 aliphatic carbocycles. The molecule has 1 fully saturated rings. The zero-order valence-electron chi connectivity index (χ0n) is 13.7. The van der Waals surface area contributed by atoms with Crippen molar-refractivity contribution < 1.29 is 4.74 Å². The zero-order chi connectivity index (χ0) is 14.8. The van der Waals surface area contributed by atoms with Crippen LogP contribution in [0.25, 0.3) is 0 Å². The largest absolute Gasteiger partial charge is 0.381 e. The third-order valence-electron chi connectivity index (χ3n) is 4.39. The minimum atomic E-state index is 0.204. The summed E-state index contributed by atoms with van der Waals surface area (Å²) in [4.78, 5) is 2.58. The first kappa shape index (κ1) is 15.4. The summed E-state index contributed by atoms with van der Waals surface area (Å²) in [5, 5.41) is 0. The number of benzene rings is 1. The van der Waals surface area contributed by atoms with E-state index in [4.69, 9.17) is 4.74 Å². The van der Waals surface area contributed by atoms with Crippen LogP contribution >= 0.6 is 0 Å². The van der Waals surface area contributed by atoms with Crippen LogP contribution in [-0.2, 0) is 10.2 Å². The SMILES string of the molecule is CCN(c1cccc(C(C)(C)C)c1C)C1CCOCC1. The second-order valence-corrected chi connectivity index (χ2v) is 6.83. The highest BCUT2D eigenvalue weighted by molar-refractivity contribution is 5.58. The molecule has 0 aromatic heterocycles. The van der Waals surface area contributed by atoms with Crippen LogP contribution in [0.5, 0.6) is 0 Å². The number of hydrogen-bond donors (Lipinski definition) is 0. The van der Waals surface area contributed by atoms with Crippen LogP contribution in [-0.4, -0.2) is 25.8 Å². The molecule has 1 aromatic rings. The molecule has 0 radical (unpaired) electrons. The lowest BCUT2D eigenvalue weighted by atomic mass is 9.83. The van der Waals surface area contributed by atoms with Gasteiger partial charge in [0.25, 0.3) is 0 Å². The van der Waals surface area contributed by atoms with Crippen LogP contribution in [0.3, 0.4) is 0 Å². The molecule has 0 spiro atoms. The Balaban J connectivity index is 2.34. The number of anilines is 1. The van der Waals surface area contributed by atoms with Gasteiger partial charge in [-0.2, -0.15) is 0 Å². The molecule has 2 heteroatoms. The van der Waals surface area contributed by atoms with Gasteiger partial charge in [-0.1, -0.05) is 32.9 Å². The molecule has 0 N–H and O–H groups in total. The van der Waals surface area contributed by atoms with E-state index in [2.05, 4.69) is 57.7 Å². The van der Waals surface area contributed by atoms with Crippen molar-refractivity contribution in [2.24, 2.45) is 0 Å². The van der Waals surface area contributed by atoms with Gasteiger partial charge in [-0.15, -0.1) is 0 Å². The summed E-state index contributed by atoms with van der Waals surface area (Å²) in [5.41, 5.74) is 4.51. The van der Waals surface area contributed by atoms with E-state index in [1.54, 1.807) is 0 Å². The highest BCUT2D eigenvalue weighted by atomic mass is 16.5. The quantitative estimate of drug-likeness (QED) is 0.815. The van der Waals surface area contributed by atoms with Crippen LogP contribution in [0.1, 0.15) is 51.7 Å². The maximum atomic E-state index is 5.51. The van der Waals surface area contributed by atoms with Crippen LogP contribution in [0.4, 0.5) is 5.69 Å². The highest BCUT2D eigenvalue weighted by Gasteiger charge is 2.24. The van der Waals surface area contributed by atoms with E-state index >= 15 is 0 Å². The topological polar surface area (TPSA) is 12.5 Å². The first-order chi connectivity index (χ1) is 9.45. The molecule has 1 saturated heterocycles. The minimum Gasteiger partial charge on any atom is -0.381 e. The van der Waals surface area contributed by atoms with Crippen molar-refractivity contribution in [3.05, 3.63) is 29.3 Å². The molecule has 1 aliphatic rings. The molecular weight excluding hydrogens is 246 g/mol. The zero-order valence-corrected chi connectivity index (χ0v) is 13.7. The van der Waals surface area contributed by atoms with Crippen molar-refractivity contribution >= 4 is 5.69 Å². The molecule has 20 heavy (non-hydrogen) atoms. The van der Waals surface area contributed by atoms with E-state index in [1.165, 1.54) is 16.8 Å². The summed E-state index contributed by atoms with van der Waals surface area (Å²) in [6, 6.07) is 7.40. The smallest absolute Gasteiger partial charge is 0.0485 e. The summed E-state index contributed by atoms with van der Waals surface area (Å²) in [7, 11) is 0. The molecule has 0 amide bonds. The maximum Gasteiger partial charge on any atom is 0.0485 e. The van der Waals surface area contributed by atoms with Crippen LogP contribution in [0, 0.1) is 6.92 Å². The summed E-state index contributed by atoms with van der Waals surface area (Å²) in [5.74, 6) is 0. The van der Waals surface area contributed by atoms with Gasteiger partial charge in [0, 0.05) is 31.5 Å². The Morgan fingerprint density at radius 2 is 1.85 bits per heavy atom. The number of hydrogen-bond acceptors (Lipinski definition) is 2. The first-order valence-corrected chi connectivity index (χ1v) is 7.89. The van der Waals surface area contributed by atoms with Gasteiger partial charge < -0.3 is 9.64 Å². The number of nitrogens with zero attached hydrogens (tertiary/aromatic N) is 1. The standard InChI is InChI=1S/C18H29NO/c1-6-19(15-10-12-20-13-11-15)17-9-7-8-16(14(17)2)18(3,4)5/h7-9,15H,6,10-13H2,1-5H3. The summed E-state index contributed by atoms with van der Waals surface area (Å²) < 4.78 is 5.51. The molecule has 2 nitrogen and oxygen atoms in total. The van der Waals surface area contributed by atoms with Crippen molar-refractivity contribution in [3.63, 3.8) is 0 Å². The Labute approximate surface area is 124 Å². The van der Waals surface area contributed by atoms with Gasteiger partial charge in [-0.3, -0.25) is 0 Å². The first-order valence-electron chi connectivity index (χ1n) is 7.89. The number of rotatable bonds is 3. The van der Waals surface area contributed by atoms with Crippen LogP contribution in [0.2, 0.25) is 0 Å². The molecule has 1 aromatic carbocycles. The average Bonchev–Trinajstić information content (AvgIpc) is 2.41. The molecule has 0 unspecified atom stereocenters. The van der Waals surface area contributed by atoms with Gasteiger partial charge in [0.15, 0.2) is 0 Å². The minimum absolute atomic E-state index is 0.204. The molecule has 2 rings (SSSR count). The van der Waals surface area contributed by atoms with Gasteiger partial charge in [-0.25, -0.2) is 0 Å². The van der Waals surface area contributed by atoms with Crippen molar-refractivity contribution in [1.29, 1.82) is 0 Å². The lowest BCUT2D eigenvalue weighted by Gasteiger charge is -2.37. The van der Waals surface area contributed by atoms with E-state index in [1.807, 2.05) is 0 Å². The van der Waals surface area contributed by atoms with E-state index in [9.17, 15) is 0 Å². The lowest BCUT2D eigenvalue weighted by molar-refractivity contribution is 0.0846. The molecule has 0 atom stereocenters. The van der Waals surface area contributed by atoms with Gasteiger partial charge in [0.1, 0.15) is 0 Å². The highest BCUT2D eigenvalue weighted by Crippen LogP contribution is 2.33. The Morgan fingerprint density at radius 3 is 2.40 bits per heavy atom. The molecular formula is C18H29NO. The molecule has 1 aliphatic heterocycles. The normalized spacial score (nSPS) is 17.2. The van der Waals surface area contributed by atoms with Gasteiger partial charge in [0.2, 0.25) is 0 Å². The second-order valence-electron chi connectivity index (χ2n) is 6.83. The second kappa shape index (κ2) is 6.17. The average molecular weight is 275 g/mol. The van der Waals surface area contributed by atoms with Gasteiger partial charge in [-0.05, 0) is 49.3 Å². The van der Waals surface area contributed by atoms with E-state index in [0.29, 0.717) is 6.04 Å². The predicted molar refractivity (Wildman–Crippen MR) is 86.7 cm³/mol. The molecule has 112 valence electrons. The molecule has 1 heterocycles. The van der Waals surface area contributed by atoms with Crippen LogP contribution < -0.4 is 4.90 Å².